The fraction of sp³-hybridized carbons (Fsp3) is 0.211. The van der Waals surface area contributed by atoms with E-state index in [0.29, 0.717) is 5.82 Å². The standard InChI is InChI=1S/C19H19N5O3/c1-12-8-9-15(10-13(12)2)24-18(21-22-23-24)11-20-19(26)16-6-4-5-7-17(16)27-14(3)25/h4-10H,11H2,1-3H3,(H,20,26). The SMILES string of the molecule is CC(=O)Oc1ccccc1C(=O)NCc1nnnn1-c1ccc(C)c(C)c1. The van der Waals surface area contributed by atoms with E-state index in [2.05, 4.69) is 20.8 Å². The largest absolute Gasteiger partial charge is 0.426 e. The summed E-state index contributed by atoms with van der Waals surface area (Å²) in [6, 6.07) is 12.4. The minimum atomic E-state index is -0.492. The van der Waals surface area contributed by atoms with E-state index < -0.39 is 5.97 Å². The summed E-state index contributed by atoms with van der Waals surface area (Å²) in [5.41, 5.74) is 3.36. The van der Waals surface area contributed by atoms with E-state index in [1.165, 1.54) is 12.5 Å². The van der Waals surface area contributed by atoms with Crippen LogP contribution in [0.25, 0.3) is 5.69 Å². The molecule has 0 aliphatic heterocycles. The van der Waals surface area contributed by atoms with Crippen LogP contribution in [0, 0.1) is 13.8 Å². The summed E-state index contributed by atoms with van der Waals surface area (Å²) in [5, 5.41) is 14.4. The minimum Gasteiger partial charge on any atom is -0.426 e. The molecule has 0 bridgehead atoms. The highest BCUT2D eigenvalue weighted by Gasteiger charge is 2.15. The lowest BCUT2D eigenvalue weighted by molar-refractivity contribution is -0.131. The van der Waals surface area contributed by atoms with Crippen molar-refractivity contribution in [2.45, 2.75) is 27.3 Å². The monoisotopic (exact) mass is 365 g/mol. The molecule has 0 radical (unpaired) electrons. The number of rotatable bonds is 5. The number of para-hydroxylation sites is 1. The molecule has 27 heavy (non-hydrogen) atoms. The van der Waals surface area contributed by atoms with Gasteiger partial charge in [-0.15, -0.1) is 5.10 Å². The molecule has 0 spiro atoms. The number of hydrogen-bond acceptors (Lipinski definition) is 6. The van der Waals surface area contributed by atoms with Gasteiger partial charge in [0, 0.05) is 6.92 Å². The number of ether oxygens (including phenoxy) is 1. The lowest BCUT2D eigenvalue weighted by atomic mass is 10.1. The molecule has 1 heterocycles. The molecular weight excluding hydrogens is 346 g/mol. The predicted molar refractivity (Wildman–Crippen MR) is 97.5 cm³/mol. The van der Waals surface area contributed by atoms with Crippen LogP contribution < -0.4 is 10.1 Å². The number of amides is 1. The first-order valence-corrected chi connectivity index (χ1v) is 8.36. The molecule has 0 saturated heterocycles. The molecule has 8 heteroatoms. The van der Waals surface area contributed by atoms with Crippen LogP contribution in [-0.4, -0.2) is 32.1 Å². The van der Waals surface area contributed by atoms with E-state index >= 15 is 0 Å². The first kappa shape index (κ1) is 18.2. The fourth-order valence-electron chi connectivity index (χ4n) is 2.53. The number of aromatic nitrogens is 4. The predicted octanol–water partition coefficient (Wildman–Crippen LogP) is 2.13. The summed E-state index contributed by atoms with van der Waals surface area (Å²) >= 11 is 0. The molecule has 1 amide bonds. The van der Waals surface area contributed by atoms with Crippen molar-refractivity contribution in [3.63, 3.8) is 0 Å². The Hall–Kier alpha value is -3.55. The topological polar surface area (TPSA) is 99.0 Å². The van der Waals surface area contributed by atoms with Crippen molar-refractivity contribution in [3.8, 4) is 11.4 Å². The van der Waals surface area contributed by atoms with Gasteiger partial charge in [0.15, 0.2) is 5.82 Å². The molecule has 1 N–H and O–H groups in total. The molecule has 0 unspecified atom stereocenters. The average molecular weight is 365 g/mol. The number of nitrogens with zero attached hydrogens (tertiary/aromatic N) is 4. The van der Waals surface area contributed by atoms with Crippen molar-refractivity contribution in [3.05, 3.63) is 65.0 Å². The zero-order valence-electron chi connectivity index (χ0n) is 15.3. The maximum absolute atomic E-state index is 12.5. The van der Waals surface area contributed by atoms with E-state index in [1.807, 2.05) is 32.0 Å². The second-order valence-electron chi connectivity index (χ2n) is 6.05. The number of benzene rings is 2. The quantitative estimate of drug-likeness (QED) is 0.549. The zero-order chi connectivity index (χ0) is 19.4. The number of hydrogen-bond donors (Lipinski definition) is 1. The van der Waals surface area contributed by atoms with Gasteiger partial charge in [0.25, 0.3) is 5.91 Å². The van der Waals surface area contributed by atoms with Crippen LogP contribution in [-0.2, 0) is 11.3 Å². The highest BCUT2D eigenvalue weighted by atomic mass is 16.5. The number of esters is 1. The van der Waals surface area contributed by atoms with Gasteiger partial charge in [-0.2, -0.15) is 4.68 Å². The molecule has 1 aromatic heterocycles. The molecule has 0 atom stereocenters. The molecule has 0 fully saturated rings. The molecule has 8 nitrogen and oxygen atoms in total. The molecular formula is C19H19N5O3. The summed E-state index contributed by atoms with van der Waals surface area (Å²) in [6.45, 7) is 5.44. The summed E-state index contributed by atoms with van der Waals surface area (Å²) in [7, 11) is 0. The Morgan fingerprint density at radius 3 is 2.63 bits per heavy atom. The molecule has 2 aromatic carbocycles. The van der Waals surface area contributed by atoms with Gasteiger partial charge in [-0.1, -0.05) is 18.2 Å². The minimum absolute atomic E-state index is 0.118. The van der Waals surface area contributed by atoms with E-state index in [1.54, 1.807) is 28.9 Å². The number of tetrazole rings is 1. The number of carbonyl (C=O) groups is 2. The maximum atomic E-state index is 12.5. The average Bonchev–Trinajstić information content (AvgIpc) is 3.10. The Labute approximate surface area is 156 Å². The Morgan fingerprint density at radius 2 is 1.89 bits per heavy atom. The number of aryl methyl sites for hydroxylation is 2. The van der Waals surface area contributed by atoms with E-state index in [-0.39, 0.29) is 23.8 Å². The Balaban J connectivity index is 1.77. The van der Waals surface area contributed by atoms with Crippen LogP contribution in [0.4, 0.5) is 0 Å². The number of nitrogens with one attached hydrogen (secondary N) is 1. The van der Waals surface area contributed by atoms with Crippen molar-refractivity contribution in [1.29, 1.82) is 0 Å². The Kier molecular flexibility index (Phi) is 5.25. The highest BCUT2D eigenvalue weighted by Crippen LogP contribution is 2.18. The van der Waals surface area contributed by atoms with Crippen molar-refractivity contribution >= 4 is 11.9 Å². The lowest BCUT2D eigenvalue weighted by Crippen LogP contribution is -2.25. The normalized spacial score (nSPS) is 10.5. The molecule has 0 aliphatic rings. The maximum Gasteiger partial charge on any atom is 0.308 e. The summed E-state index contributed by atoms with van der Waals surface area (Å²) in [6.07, 6.45) is 0. The van der Waals surface area contributed by atoms with Gasteiger partial charge in [0.2, 0.25) is 0 Å². The molecule has 0 aliphatic carbocycles. The second kappa shape index (κ2) is 7.77. The Bertz CT molecular complexity index is 997. The molecule has 138 valence electrons. The van der Waals surface area contributed by atoms with Crippen LogP contribution in [0.1, 0.15) is 34.2 Å². The van der Waals surface area contributed by atoms with Gasteiger partial charge >= 0.3 is 5.97 Å². The van der Waals surface area contributed by atoms with Crippen LogP contribution >= 0.6 is 0 Å². The Morgan fingerprint density at radius 1 is 1.11 bits per heavy atom. The molecule has 3 aromatic rings. The summed E-state index contributed by atoms with van der Waals surface area (Å²) < 4.78 is 6.65. The van der Waals surface area contributed by atoms with Crippen molar-refractivity contribution in [2.75, 3.05) is 0 Å². The van der Waals surface area contributed by atoms with Crippen LogP contribution in [0.3, 0.4) is 0 Å². The van der Waals surface area contributed by atoms with Crippen molar-refractivity contribution < 1.29 is 14.3 Å². The summed E-state index contributed by atoms with van der Waals surface area (Å²) in [4.78, 5) is 23.7. The zero-order valence-corrected chi connectivity index (χ0v) is 15.3. The lowest BCUT2D eigenvalue weighted by Gasteiger charge is -2.10. The smallest absolute Gasteiger partial charge is 0.308 e. The first-order chi connectivity index (χ1) is 13.0. The first-order valence-electron chi connectivity index (χ1n) is 8.36. The molecule has 3 rings (SSSR count). The molecule has 0 saturated carbocycles. The van der Waals surface area contributed by atoms with Crippen LogP contribution in [0.2, 0.25) is 0 Å². The third kappa shape index (κ3) is 4.17. The van der Waals surface area contributed by atoms with Crippen LogP contribution in [0.5, 0.6) is 5.75 Å². The third-order valence-corrected chi connectivity index (χ3v) is 4.06. The van der Waals surface area contributed by atoms with E-state index in [4.69, 9.17) is 4.74 Å². The van der Waals surface area contributed by atoms with Gasteiger partial charge in [0.05, 0.1) is 17.8 Å². The van der Waals surface area contributed by atoms with Gasteiger partial charge in [-0.25, -0.2) is 0 Å². The van der Waals surface area contributed by atoms with Crippen molar-refractivity contribution in [2.24, 2.45) is 0 Å². The fourth-order valence-corrected chi connectivity index (χ4v) is 2.53. The van der Waals surface area contributed by atoms with Gasteiger partial charge in [0.1, 0.15) is 5.75 Å². The third-order valence-electron chi connectivity index (χ3n) is 4.06. The van der Waals surface area contributed by atoms with Crippen LogP contribution in [0.15, 0.2) is 42.5 Å². The number of carbonyl (C=O) groups excluding carboxylic acids is 2. The second-order valence-corrected chi connectivity index (χ2v) is 6.05. The van der Waals surface area contributed by atoms with Gasteiger partial charge in [-0.3, -0.25) is 9.59 Å². The highest BCUT2D eigenvalue weighted by molar-refractivity contribution is 5.97. The summed E-state index contributed by atoms with van der Waals surface area (Å²) in [5.74, 6) is -0.191. The van der Waals surface area contributed by atoms with E-state index in [9.17, 15) is 9.59 Å². The van der Waals surface area contributed by atoms with E-state index in [0.717, 1.165) is 11.3 Å². The van der Waals surface area contributed by atoms with Gasteiger partial charge < -0.3 is 10.1 Å². The van der Waals surface area contributed by atoms with Crippen molar-refractivity contribution in [1.82, 2.24) is 25.5 Å². The van der Waals surface area contributed by atoms with Gasteiger partial charge in [-0.05, 0) is 59.7 Å².